The van der Waals surface area contributed by atoms with E-state index in [1.165, 1.54) is 0 Å². The second-order valence-electron chi connectivity index (χ2n) is 4.26. The number of rotatable bonds is 0. The molecular formula is C14H10O3. The number of Topliss-reactive ketones (excluding diaryl/α,β-unsaturated/α-hetero) is 2. The van der Waals surface area contributed by atoms with Gasteiger partial charge in [0.2, 0.25) is 11.6 Å². The molecule has 1 aliphatic heterocycles. The molecule has 0 saturated carbocycles. The van der Waals surface area contributed by atoms with E-state index in [-0.39, 0.29) is 0 Å². The lowest BCUT2D eigenvalue weighted by Gasteiger charge is -2.25. The molecule has 3 heteroatoms. The minimum Gasteiger partial charge on any atom is -0.464 e. The summed E-state index contributed by atoms with van der Waals surface area (Å²) < 4.78 is 5.47. The molecule has 3 rings (SSSR count). The van der Waals surface area contributed by atoms with Crippen molar-refractivity contribution in [2.75, 3.05) is 0 Å². The highest BCUT2D eigenvalue weighted by Gasteiger charge is 2.34. The van der Waals surface area contributed by atoms with E-state index in [9.17, 15) is 9.59 Å². The smallest absolute Gasteiger partial charge is 0.234 e. The van der Waals surface area contributed by atoms with Crippen LogP contribution in [0.2, 0.25) is 0 Å². The summed E-state index contributed by atoms with van der Waals surface area (Å²) in [6.07, 6.45) is 1.62. The Kier molecular flexibility index (Phi) is 1.87. The van der Waals surface area contributed by atoms with Crippen molar-refractivity contribution in [3.63, 3.8) is 0 Å². The molecule has 3 nitrogen and oxygen atoms in total. The monoisotopic (exact) mass is 226 g/mol. The van der Waals surface area contributed by atoms with Gasteiger partial charge in [0.05, 0.1) is 6.26 Å². The second-order valence-corrected chi connectivity index (χ2v) is 4.26. The molecule has 0 radical (unpaired) electrons. The summed E-state index contributed by atoms with van der Waals surface area (Å²) in [6.45, 7) is 3.55. The topological polar surface area (TPSA) is 43.4 Å². The first kappa shape index (κ1) is 10.0. The van der Waals surface area contributed by atoms with Crippen LogP contribution in [-0.2, 0) is 9.53 Å². The van der Waals surface area contributed by atoms with Crippen LogP contribution in [0.15, 0.2) is 30.0 Å². The van der Waals surface area contributed by atoms with E-state index >= 15 is 0 Å². The molecule has 0 bridgehead atoms. The number of carbonyl (C=O) groups excluding carboxylic acids is 2. The lowest BCUT2D eigenvalue weighted by Crippen LogP contribution is -2.25. The third-order valence-corrected chi connectivity index (χ3v) is 3.20. The average molecular weight is 226 g/mol. The van der Waals surface area contributed by atoms with E-state index in [4.69, 9.17) is 4.74 Å². The first-order chi connectivity index (χ1) is 8.11. The second kappa shape index (κ2) is 3.17. The number of allylic oxidation sites excluding steroid dienone is 2. The molecule has 1 aliphatic carbocycles. The maximum atomic E-state index is 11.9. The molecule has 17 heavy (non-hydrogen) atoms. The highest BCUT2D eigenvalue weighted by Crippen LogP contribution is 2.39. The standard InChI is InChI=1S/C14H10O3/c1-7-6-17-14-8(2)12(15)13(16)10-5-3-4-9(7)11(10)14/h3-6H,1-2H3. The molecule has 0 atom stereocenters. The van der Waals surface area contributed by atoms with Gasteiger partial charge in [0.25, 0.3) is 0 Å². The van der Waals surface area contributed by atoms with Gasteiger partial charge in [-0.2, -0.15) is 0 Å². The van der Waals surface area contributed by atoms with E-state index in [2.05, 4.69) is 0 Å². The number of ether oxygens (including phenoxy) is 1. The van der Waals surface area contributed by atoms with Gasteiger partial charge >= 0.3 is 0 Å². The Morgan fingerprint density at radius 3 is 2.47 bits per heavy atom. The zero-order valence-corrected chi connectivity index (χ0v) is 9.53. The van der Waals surface area contributed by atoms with E-state index in [0.29, 0.717) is 16.9 Å². The number of benzene rings is 1. The fourth-order valence-electron chi connectivity index (χ4n) is 2.26. The van der Waals surface area contributed by atoms with Gasteiger partial charge in [0, 0.05) is 16.7 Å². The number of hydrogen-bond donors (Lipinski definition) is 0. The van der Waals surface area contributed by atoms with Gasteiger partial charge < -0.3 is 4.74 Å². The molecule has 0 amide bonds. The van der Waals surface area contributed by atoms with Crippen LogP contribution >= 0.6 is 0 Å². The zero-order valence-electron chi connectivity index (χ0n) is 9.53. The average Bonchev–Trinajstić information content (AvgIpc) is 2.35. The summed E-state index contributed by atoms with van der Waals surface area (Å²) in [5, 5.41) is 0. The Labute approximate surface area is 98.4 Å². The molecule has 0 N–H and O–H groups in total. The fraction of sp³-hybridized carbons (Fsp3) is 0.143. The predicted molar refractivity (Wildman–Crippen MR) is 63.1 cm³/mol. The van der Waals surface area contributed by atoms with Crippen LogP contribution in [0.25, 0.3) is 11.3 Å². The van der Waals surface area contributed by atoms with Crippen LogP contribution in [0, 0.1) is 0 Å². The van der Waals surface area contributed by atoms with E-state index in [0.717, 1.165) is 16.7 Å². The van der Waals surface area contributed by atoms with Gasteiger partial charge in [-0.25, -0.2) is 0 Å². The number of ketones is 2. The molecule has 0 fully saturated rings. The van der Waals surface area contributed by atoms with E-state index in [1.807, 2.05) is 13.0 Å². The maximum absolute atomic E-state index is 11.9. The normalized spacial score (nSPS) is 17.6. The highest BCUT2D eigenvalue weighted by atomic mass is 16.5. The van der Waals surface area contributed by atoms with Gasteiger partial charge in [0.15, 0.2) is 0 Å². The Bertz CT molecular complexity index is 633. The molecule has 0 saturated heterocycles. The molecule has 1 aromatic rings. The molecule has 1 heterocycles. The highest BCUT2D eigenvalue weighted by molar-refractivity contribution is 6.52. The minimum atomic E-state index is -0.474. The molecular weight excluding hydrogens is 216 g/mol. The van der Waals surface area contributed by atoms with Gasteiger partial charge in [0.1, 0.15) is 5.76 Å². The van der Waals surface area contributed by atoms with Crippen molar-refractivity contribution in [1.29, 1.82) is 0 Å². The Balaban J connectivity index is 2.45. The summed E-state index contributed by atoms with van der Waals surface area (Å²) in [5.74, 6) is -0.398. The van der Waals surface area contributed by atoms with E-state index < -0.39 is 11.6 Å². The van der Waals surface area contributed by atoms with Gasteiger partial charge in [-0.3, -0.25) is 9.59 Å². The summed E-state index contributed by atoms with van der Waals surface area (Å²) in [4.78, 5) is 23.7. The van der Waals surface area contributed by atoms with Crippen molar-refractivity contribution < 1.29 is 14.3 Å². The van der Waals surface area contributed by atoms with Gasteiger partial charge in [-0.1, -0.05) is 18.2 Å². The third-order valence-electron chi connectivity index (χ3n) is 3.20. The molecule has 1 aromatic carbocycles. The van der Waals surface area contributed by atoms with Crippen molar-refractivity contribution in [1.82, 2.24) is 0 Å². The first-order valence-corrected chi connectivity index (χ1v) is 5.38. The van der Waals surface area contributed by atoms with Crippen LogP contribution in [-0.4, -0.2) is 11.6 Å². The third kappa shape index (κ3) is 1.16. The van der Waals surface area contributed by atoms with Crippen LogP contribution in [0.4, 0.5) is 0 Å². The van der Waals surface area contributed by atoms with Crippen LogP contribution in [0.5, 0.6) is 0 Å². The number of hydrogen-bond acceptors (Lipinski definition) is 3. The predicted octanol–water partition coefficient (Wildman–Crippen LogP) is 2.57. The van der Waals surface area contributed by atoms with Crippen molar-refractivity contribution in [2.45, 2.75) is 13.8 Å². The lowest BCUT2D eigenvalue weighted by molar-refractivity contribution is -0.111. The summed E-state index contributed by atoms with van der Waals surface area (Å²) in [6, 6.07) is 5.40. The van der Waals surface area contributed by atoms with Crippen molar-refractivity contribution in [2.24, 2.45) is 0 Å². The molecule has 0 aromatic heterocycles. The largest absolute Gasteiger partial charge is 0.464 e. The van der Waals surface area contributed by atoms with Crippen molar-refractivity contribution in [3.8, 4) is 0 Å². The zero-order chi connectivity index (χ0) is 12.2. The van der Waals surface area contributed by atoms with Gasteiger partial charge in [-0.05, 0) is 25.0 Å². The Morgan fingerprint density at radius 2 is 1.71 bits per heavy atom. The summed E-state index contributed by atoms with van der Waals surface area (Å²) in [5.41, 5.74) is 3.51. The molecule has 2 aliphatic rings. The minimum absolute atomic E-state index is 0.388. The summed E-state index contributed by atoms with van der Waals surface area (Å²) >= 11 is 0. The molecule has 0 unspecified atom stereocenters. The Hall–Kier alpha value is -2.16. The summed E-state index contributed by atoms with van der Waals surface area (Å²) in [7, 11) is 0. The fourth-order valence-corrected chi connectivity index (χ4v) is 2.26. The Morgan fingerprint density at radius 1 is 1.00 bits per heavy atom. The van der Waals surface area contributed by atoms with Crippen molar-refractivity contribution in [3.05, 3.63) is 46.7 Å². The maximum Gasteiger partial charge on any atom is 0.234 e. The quantitative estimate of drug-likeness (QED) is 0.638. The van der Waals surface area contributed by atoms with E-state index in [1.54, 1.807) is 25.3 Å². The first-order valence-electron chi connectivity index (χ1n) is 5.38. The molecule has 0 spiro atoms. The van der Waals surface area contributed by atoms with Crippen LogP contribution in [0.3, 0.4) is 0 Å². The SMILES string of the molecule is CC1=COC2=C(C)C(=O)C(=O)c3cccc1c32. The lowest BCUT2D eigenvalue weighted by atomic mass is 9.84. The van der Waals surface area contributed by atoms with Crippen LogP contribution in [0.1, 0.15) is 35.3 Å². The van der Waals surface area contributed by atoms with Crippen molar-refractivity contribution >= 4 is 22.9 Å². The van der Waals surface area contributed by atoms with Crippen LogP contribution < -0.4 is 0 Å². The van der Waals surface area contributed by atoms with Gasteiger partial charge in [-0.15, -0.1) is 0 Å². The molecule has 84 valence electrons. The number of carbonyl (C=O) groups is 2.